The summed E-state index contributed by atoms with van der Waals surface area (Å²) in [5, 5.41) is 11.6. The Kier molecular flexibility index (Phi) is 5.05. The molecule has 0 aromatic rings. The van der Waals surface area contributed by atoms with Crippen molar-refractivity contribution in [3.63, 3.8) is 0 Å². The molecule has 0 aliphatic carbocycles. The van der Waals surface area contributed by atoms with Gasteiger partial charge in [0.05, 0.1) is 21.2 Å². The van der Waals surface area contributed by atoms with Gasteiger partial charge in [-0.2, -0.15) is 0 Å². The Hall–Kier alpha value is -0.853. The molecule has 1 aliphatic rings. The predicted molar refractivity (Wildman–Crippen MR) is 79.4 cm³/mol. The molecule has 3 atom stereocenters. The Balaban J connectivity index is 3.04. The Morgan fingerprint density at radius 3 is 2.50 bits per heavy atom. The number of esters is 1. The van der Waals surface area contributed by atoms with Crippen LogP contribution >= 0.6 is 0 Å². The number of carbonyl (C=O) groups is 1. The zero-order chi connectivity index (χ0) is 15.7. The minimum Gasteiger partial charge on any atom is -0.494 e. The molecule has 1 aliphatic heterocycles. The van der Waals surface area contributed by atoms with E-state index in [2.05, 4.69) is 0 Å². The summed E-state index contributed by atoms with van der Waals surface area (Å²) in [7, 11) is 0.682. The fourth-order valence-electron chi connectivity index (χ4n) is 2.20. The molecule has 0 spiro atoms. The van der Waals surface area contributed by atoms with Gasteiger partial charge in [0.2, 0.25) is 0 Å². The molecule has 0 unspecified atom stereocenters. The summed E-state index contributed by atoms with van der Waals surface area (Å²) in [6, 6.07) is 0. The molecule has 0 bridgehead atoms. The average molecular weight is 302 g/mol. The molecule has 0 amide bonds. The maximum atomic E-state index is 11.0. The normalized spacial score (nSPS) is 31.1. The molecule has 1 heterocycles. The third-order valence-corrected chi connectivity index (χ3v) is 4.42. The van der Waals surface area contributed by atoms with E-state index in [1.807, 2.05) is 27.7 Å². The molecule has 0 radical (unpaired) electrons. The van der Waals surface area contributed by atoms with E-state index in [1.54, 1.807) is 6.92 Å². The van der Waals surface area contributed by atoms with Gasteiger partial charge in [0.1, 0.15) is 18.3 Å². The second-order valence-corrected chi connectivity index (χ2v) is 7.35. The second kappa shape index (κ2) is 5.87. The van der Waals surface area contributed by atoms with Crippen LogP contribution in [0.2, 0.25) is 0 Å². The predicted octanol–water partition coefficient (Wildman–Crippen LogP) is 0.480. The van der Waals surface area contributed by atoms with Crippen LogP contribution in [0.25, 0.3) is 0 Å². The van der Waals surface area contributed by atoms with Crippen LogP contribution in [0.3, 0.4) is 0 Å². The largest absolute Gasteiger partial charge is 0.494 e. The SMILES string of the molecule is CC(=O)OC[C@H]1OC([SiH3])=C(C)[C@@](C)(O)[C@@H]1OC(C)(C)C. The lowest BCUT2D eigenvalue weighted by Crippen LogP contribution is -2.57. The van der Waals surface area contributed by atoms with Crippen molar-refractivity contribution in [2.75, 3.05) is 6.61 Å². The van der Waals surface area contributed by atoms with Gasteiger partial charge in [-0.15, -0.1) is 0 Å². The van der Waals surface area contributed by atoms with Crippen molar-refractivity contribution in [1.29, 1.82) is 0 Å². The van der Waals surface area contributed by atoms with Crippen LogP contribution in [-0.2, 0) is 19.0 Å². The fraction of sp³-hybridized carbons (Fsp3) is 0.786. The summed E-state index contributed by atoms with van der Waals surface area (Å²) in [5.41, 5.74) is -0.777. The maximum absolute atomic E-state index is 11.0. The van der Waals surface area contributed by atoms with Crippen molar-refractivity contribution >= 4 is 16.2 Å². The van der Waals surface area contributed by atoms with Gasteiger partial charge in [0, 0.05) is 6.92 Å². The molecular formula is C14H26O5Si. The van der Waals surface area contributed by atoms with Crippen molar-refractivity contribution in [3.05, 3.63) is 11.0 Å². The monoisotopic (exact) mass is 302 g/mol. The lowest BCUT2D eigenvalue weighted by atomic mass is 9.86. The topological polar surface area (TPSA) is 65.0 Å². The number of hydrogen-bond acceptors (Lipinski definition) is 5. The van der Waals surface area contributed by atoms with Crippen molar-refractivity contribution in [2.45, 2.75) is 65.0 Å². The van der Waals surface area contributed by atoms with Crippen LogP contribution in [0.4, 0.5) is 0 Å². The first kappa shape index (κ1) is 17.2. The van der Waals surface area contributed by atoms with Crippen molar-refractivity contribution in [2.24, 2.45) is 0 Å². The van der Waals surface area contributed by atoms with E-state index in [-0.39, 0.29) is 12.6 Å². The number of ether oxygens (including phenoxy) is 3. The van der Waals surface area contributed by atoms with Crippen LogP contribution in [0.15, 0.2) is 11.0 Å². The molecule has 0 fully saturated rings. The highest BCUT2D eigenvalue weighted by Gasteiger charge is 2.47. The molecule has 1 rings (SSSR count). The van der Waals surface area contributed by atoms with Crippen LogP contribution in [0, 0.1) is 0 Å². The van der Waals surface area contributed by atoms with E-state index in [0.717, 1.165) is 11.0 Å². The van der Waals surface area contributed by atoms with Gasteiger partial charge in [-0.3, -0.25) is 4.79 Å². The van der Waals surface area contributed by atoms with Crippen molar-refractivity contribution in [3.8, 4) is 0 Å². The van der Waals surface area contributed by atoms with E-state index in [4.69, 9.17) is 14.2 Å². The summed E-state index contributed by atoms with van der Waals surface area (Å²) >= 11 is 0. The lowest BCUT2D eigenvalue weighted by Gasteiger charge is -2.45. The molecule has 0 aromatic heterocycles. The molecule has 0 saturated heterocycles. The number of aliphatic hydroxyl groups is 1. The Morgan fingerprint density at radius 2 is 2.05 bits per heavy atom. The molecule has 6 heteroatoms. The third kappa shape index (κ3) is 4.07. The summed E-state index contributed by atoms with van der Waals surface area (Å²) in [4.78, 5) is 11.0. The smallest absolute Gasteiger partial charge is 0.302 e. The van der Waals surface area contributed by atoms with Gasteiger partial charge in [-0.1, -0.05) is 0 Å². The van der Waals surface area contributed by atoms with Crippen LogP contribution in [-0.4, -0.2) is 51.3 Å². The molecule has 20 heavy (non-hydrogen) atoms. The maximum Gasteiger partial charge on any atom is 0.302 e. The molecular weight excluding hydrogens is 276 g/mol. The average Bonchev–Trinajstić information content (AvgIpc) is 2.27. The summed E-state index contributed by atoms with van der Waals surface area (Å²) in [6.07, 6.45) is -1.08. The standard InChI is InChI=1S/C14H26O5Si/c1-8-12(20)18-10(7-17-9(2)15)11(14(8,6)16)19-13(3,4)5/h10-11,16H,7H2,1-6,20H3/t10-,11-,14-/m1/s1. The molecule has 1 N–H and O–H groups in total. The third-order valence-electron chi connectivity index (χ3n) is 3.44. The van der Waals surface area contributed by atoms with E-state index >= 15 is 0 Å². The van der Waals surface area contributed by atoms with Gasteiger partial charge < -0.3 is 19.3 Å². The second-order valence-electron chi connectivity index (χ2n) is 6.44. The summed E-state index contributed by atoms with van der Waals surface area (Å²) < 4.78 is 16.8. The molecule has 116 valence electrons. The van der Waals surface area contributed by atoms with Gasteiger partial charge >= 0.3 is 5.97 Å². The van der Waals surface area contributed by atoms with Crippen LogP contribution in [0.5, 0.6) is 0 Å². The zero-order valence-electron chi connectivity index (χ0n) is 13.4. The van der Waals surface area contributed by atoms with E-state index < -0.39 is 23.4 Å². The van der Waals surface area contributed by atoms with Crippen molar-refractivity contribution < 1.29 is 24.1 Å². The summed E-state index contributed by atoms with van der Waals surface area (Å²) in [5.74, 6) is -0.371. The fourth-order valence-corrected chi connectivity index (χ4v) is 3.01. The number of rotatable bonds is 3. The lowest BCUT2D eigenvalue weighted by molar-refractivity contribution is -0.203. The van der Waals surface area contributed by atoms with Crippen molar-refractivity contribution in [1.82, 2.24) is 0 Å². The molecule has 0 aromatic carbocycles. The Morgan fingerprint density at radius 1 is 1.50 bits per heavy atom. The quantitative estimate of drug-likeness (QED) is 0.607. The van der Waals surface area contributed by atoms with E-state index in [0.29, 0.717) is 10.2 Å². The highest BCUT2D eigenvalue weighted by Crippen LogP contribution is 2.36. The van der Waals surface area contributed by atoms with E-state index in [9.17, 15) is 9.90 Å². The minimum absolute atomic E-state index is 0.0747. The minimum atomic E-state index is -1.13. The number of carbonyl (C=O) groups excluding carboxylic acids is 1. The first-order chi connectivity index (χ1) is 8.95. The first-order valence-electron chi connectivity index (χ1n) is 6.83. The van der Waals surface area contributed by atoms with Crippen LogP contribution < -0.4 is 0 Å². The molecule has 0 saturated carbocycles. The Bertz CT molecular complexity index is 408. The highest BCUT2D eigenvalue weighted by molar-refractivity contribution is 6.20. The van der Waals surface area contributed by atoms with Gasteiger partial charge in [-0.25, -0.2) is 0 Å². The zero-order valence-corrected chi connectivity index (χ0v) is 15.4. The van der Waals surface area contributed by atoms with Gasteiger partial charge in [0.25, 0.3) is 0 Å². The van der Waals surface area contributed by atoms with Crippen LogP contribution in [0.1, 0.15) is 41.5 Å². The van der Waals surface area contributed by atoms with Gasteiger partial charge in [0.15, 0.2) is 6.10 Å². The number of hydrogen-bond donors (Lipinski definition) is 1. The summed E-state index contributed by atoms with van der Waals surface area (Å²) in [6.45, 7) is 10.8. The molecule has 5 nitrogen and oxygen atoms in total. The first-order valence-corrected chi connectivity index (χ1v) is 7.83. The Labute approximate surface area is 123 Å². The van der Waals surface area contributed by atoms with E-state index in [1.165, 1.54) is 6.92 Å². The van der Waals surface area contributed by atoms with Gasteiger partial charge in [-0.05, 0) is 40.2 Å². The highest BCUT2D eigenvalue weighted by atomic mass is 28.1.